The molecule has 0 saturated heterocycles. The van der Waals surface area contributed by atoms with E-state index < -0.39 is 30.7 Å². The summed E-state index contributed by atoms with van der Waals surface area (Å²) in [6.07, 6.45) is -0.849. The number of ether oxygens (including phenoxy) is 1. The normalized spacial score (nSPS) is 12.3. The van der Waals surface area contributed by atoms with Crippen molar-refractivity contribution in [3.63, 3.8) is 0 Å². The van der Waals surface area contributed by atoms with Gasteiger partial charge >= 0.3 is 6.09 Å². The molecule has 1 amide bonds. The van der Waals surface area contributed by atoms with Gasteiger partial charge in [0.25, 0.3) is 5.92 Å². The molecule has 0 bridgehead atoms. The van der Waals surface area contributed by atoms with E-state index in [0.717, 1.165) is 10.7 Å². The minimum atomic E-state index is -3.05. The molecule has 1 aromatic heterocycles. The molecule has 1 aromatic rings. The van der Waals surface area contributed by atoms with Crippen LogP contribution in [0.15, 0.2) is 5.38 Å². The Morgan fingerprint density at radius 1 is 1.38 bits per heavy atom. The van der Waals surface area contributed by atoms with Gasteiger partial charge in [-0.25, -0.2) is 18.6 Å². The highest BCUT2D eigenvalue weighted by Gasteiger charge is 2.30. The molecule has 2 N–H and O–H groups in total. The summed E-state index contributed by atoms with van der Waals surface area (Å²) in [4.78, 5) is 15.5. The van der Waals surface area contributed by atoms with Gasteiger partial charge in [0, 0.05) is 17.6 Å². The van der Waals surface area contributed by atoms with Crippen molar-refractivity contribution in [2.45, 2.75) is 45.8 Å². The number of hydrogen-bond acceptors (Lipinski definition) is 5. The van der Waals surface area contributed by atoms with Crippen molar-refractivity contribution in [1.82, 2.24) is 15.6 Å². The van der Waals surface area contributed by atoms with Crippen molar-refractivity contribution in [3.8, 4) is 0 Å². The van der Waals surface area contributed by atoms with Crippen LogP contribution in [0.3, 0.4) is 0 Å². The molecule has 0 saturated carbocycles. The summed E-state index contributed by atoms with van der Waals surface area (Å²) in [6, 6.07) is 0. The molecule has 1 heterocycles. The van der Waals surface area contributed by atoms with Crippen LogP contribution in [-0.2, 0) is 11.3 Å². The highest BCUT2D eigenvalue weighted by molar-refractivity contribution is 7.09. The molecular formula is C13H21F2N3O2S. The maximum Gasteiger partial charge on any atom is 0.407 e. The standard InChI is InChI=1S/C13H21F2N3O2S/c1-9-6-21-10(18-9)5-16-7-13(14,15)8-17-11(19)20-12(2,3)4/h6,16H,5,7-8H2,1-4H3,(H,17,19). The predicted molar refractivity (Wildman–Crippen MR) is 77.7 cm³/mol. The van der Waals surface area contributed by atoms with Crippen LogP contribution in [0.5, 0.6) is 0 Å². The maximum absolute atomic E-state index is 13.6. The number of nitrogens with one attached hydrogen (secondary N) is 2. The highest BCUT2D eigenvalue weighted by Crippen LogP contribution is 2.13. The molecule has 0 unspecified atom stereocenters. The lowest BCUT2D eigenvalue weighted by Gasteiger charge is -2.22. The van der Waals surface area contributed by atoms with Crippen LogP contribution in [0.25, 0.3) is 0 Å². The molecule has 0 fully saturated rings. The van der Waals surface area contributed by atoms with Gasteiger partial charge in [-0.05, 0) is 27.7 Å². The second-order valence-corrected chi connectivity index (χ2v) is 6.64. The molecule has 0 radical (unpaired) electrons. The summed E-state index contributed by atoms with van der Waals surface area (Å²) in [6.45, 7) is 5.82. The number of rotatable bonds is 6. The zero-order valence-electron chi connectivity index (χ0n) is 12.6. The monoisotopic (exact) mass is 321 g/mol. The largest absolute Gasteiger partial charge is 0.444 e. The number of thiazole rings is 1. The summed E-state index contributed by atoms with van der Waals surface area (Å²) in [5, 5.41) is 7.31. The molecule has 0 aliphatic carbocycles. The molecule has 0 spiro atoms. The number of aromatic nitrogens is 1. The quantitative estimate of drug-likeness (QED) is 0.845. The Labute approximate surface area is 127 Å². The number of aryl methyl sites for hydroxylation is 1. The molecule has 0 aliphatic rings. The number of nitrogens with zero attached hydrogens (tertiary/aromatic N) is 1. The average Bonchev–Trinajstić information content (AvgIpc) is 2.70. The number of halogens is 2. The van der Waals surface area contributed by atoms with Gasteiger partial charge in [0.05, 0.1) is 13.1 Å². The van der Waals surface area contributed by atoms with Crippen molar-refractivity contribution in [2.24, 2.45) is 0 Å². The van der Waals surface area contributed by atoms with Gasteiger partial charge in [0.15, 0.2) is 0 Å². The van der Waals surface area contributed by atoms with E-state index >= 15 is 0 Å². The number of carbonyl (C=O) groups is 1. The third-order valence-electron chi connectivity index (χ3n) is 2.22. The van der Waals surface area contributed by atoms with E-state index in [2.05, 4.69) is 15.6 Å². The number of amides is 1. The third-order valence-corrected chi connectivity index (χ3v) is 3.18. The van der Waals surface area contributed by atoms with Crippen molar-refractivity contribution in [1.29, 1.82) is 0 Å². The van der Waals surface area contributed by atoms with Gasteiger partial charge < -0.3 is 15.4 Å². The number of hydrogen-bond donors (Lipinski definition) is 2. The fourth-order valence-corrected chi connectivity index (χ4v) is 2.16. The zero-order valence-corrected chi connectivity index (χ0v) is 13.4. The molecule has 0 atom stereocenters. The lowest BCUT2D eigenvalue weighted by Crippen LogP contribution is -2.44. The summed E-state index contributed by atoms with van der Waals surface area (Å²) in [7, 11) is 0. The van der Waals surface area contributed by atoms with Crippen molar-refractivity contribution in [2.75, 3.05) is 13.1 Å². The first-order valence-corrected chi connectivity index (χ1v) is 7.42. The zero-order chi connectivity index (χ0) is 16.1. The summed E-state index contributed by atoms with van der Waals surface area (Å²) in [5.74, 6) is -3.05. The SMILES string of the molecule is Cc1csc(CNCC(F)(F)CNC(=O)OC(C)(C)C)n1. The summed E-state index contributed by atoms with van der Waals surface area (Å²) < 4.78 is 32.0. The van der Waals surface area contributed by atoms with Gasteiger partial charge in [0.1, 0.15) is 10.6 Å². The van der Waals surface area contributed by atoms with Gasteiger partial charge in [-0.15, -0.1) is 11.3 Å². The number of carbonyl (C=O) groups excluding carboxylic acids is 1. The first kappa shape index (κ1) is 17.8. The molecular weight excluding hydrogens is 300 g/mol. The van der Waals surface area contributed by atoms with Gasteiger partial charge in [-0.2, -0.15) is 0 Å². The minimum absolute atomic E-state index is 0.278. The summed E-state index contributed by atoms with van der Waals surface area (Å²) in [5.41, 5.74) is 0.162. The van der Waals surface area contributed by atoms with Crippen LogP contribution in [0.1, 0.15) is 31.5 Å². The number of alkyl halides is 2. The lowest BCUT2D eigenvalue weighted by molar-refractivity contribution is -0.00376. The van der Waals surface area contributed by atoms with Crippen LogP contribution in [0.2, 0.25) is 0 Å². The van der Waals surface area contributed by atoms with Crippen LogP contribution in [-0.4, -0.2) is 35.7 Å². The van der Waals surface area contributed by atoms with Crippen molar-refractivity contribution < 1.29 is 18.3 Å². The summed E-state index contributed by atoms with van der Waals surface area (Å²) >= 11 is 1.42. The van der Waals surface area contributed by atoms with E-state index in [1.807, 2.05) is 12.3 Å². The van der Waals surface area contributed by atoms with Crippen LogP contribution in [0, 0.1) is 6.92 Å². The topological polar surface area (TPSA) is 63.2 Å². The molecule has 0 aromatic carbocycles. The molecule has 5 nitrogen and oxygen atoms in total. The van der Waals surface area contributed by atoms with Crippen molar-refractivity contribution >= 4 is 17.4 Å². The Kier molecular flexibility index (Phi) is 6.03. The van der Waals surface area contributed by atoms with Gasteiger partial charge in [-0.3, -0.25) is 0 Å². The van der Waals surface area contributed by atoms with E-state index in [1.165, 1.54) is 11.3 Å². The lowest BCUT2D eigenvalue weighted by atomic mass is 10.2. The fraction of sp³-hybridized carbons (Fsp3) is 0.692. The van der Waals surface area contributed by atoms with E-state index in [1.54, 1.807) is 20.8 Å². The Balaban J connectivity index is 2.28. The molecule has 21 heavy (non-hydrogen) atoms. The Morgan fingerprint density at radius 3 is 2.57 bits per heavy atom. The second-order valence-electron chi connectivity index (χ2n) is 5.70. The molecule has 8 heteroatoms. The van der Waals surface area contributed by atoms with Crippen LogP contribution in [0.4, 0.5) is 13.6 Å². The fourth-order valence-electron chi connectivity index (χ4n) is 1.41. The number of alkyl carbamates (subject to hydrolysis) is 1. The van der Waals surface area contributed by atoms with Gasteiger partial charge in [0.2, 0.25) is 0 Å². The van der Waals surface area contributed by atoms with Crippen LogP contribution >= 0.6 is 11.3 Å². The smallest absolute Gasteiger partial charge is 0.407 e. The first-order valence-electron chi connectivity index (χ1n) is 6.54. The highest BCUT2D eigenvalue weighted by atomic mass is 32.1. The predicted octanol–water partition coefficient (Wildman–Crippen LogP) is 2.70. The minimum Gasteiger partial charge on any atom is -0.444 e. The third kappa shape index (κ3) is 7.91. The Hall–Kier alpha value is -1.28. The van der Waals surface area contributed by atoms with Gasteiger partial charge in [-0.1, -0.05) is 0 Å². The molecule has 1 rings (SSSR count). The van der Waals surface area contributed by atoms with Crippen molar-refractivity contribution in [3.05, 3.63) is 16.1 Å². The van der Waals surface area contributed by atoms with E-state index in [4.69, 9.17) is 4.74 Å². The first-order chi connectivity index (χ1) is 9.57. The van der Waals surface area contributed by atoms with E-state index in [-0.39, 0.29) is 6.54 Å². The Bertz CT molecular complexity index is 472. The maximum atomic E-state index is 13.6. The van der Waals surface area contributed by atoms with Crippen LogP contribution < -0.4 is 10.6 Å². The van der Waals surface area contributed by atoms with E-state index in [0.29, 0.717) is 0 Å². The molecule has 0 aliphatic heterocycles. The van der Waals surface area contributed by atoms with E-state index in [9.17, 15) is 13.6 Å². The Morgan fingerprint density at radius 2 is 2.05 bits per heavy atom. The molecule has 120 valence electrons. The second kappa shape index (κ2) is 7.13. The average molecular weight is 321 g/mol.